The lowest BCUT2D eigenvalue weighted by atomic mass is 9.95. The molecule has 158 valence electrons. The Kier molecular flexibility index (Phi) is 5.47. The van der Waals surface area contributed by atoms with Crippen molar-refractivity contribution in [3.8, 4) is 11.6 Å². The van der Waals surface area contributed by atoms with Crippen molar-refractivity contribution in [3.63, 3.8) is 0 Å². The first kappa shape index (κ1) is 19.8. The Morgan fingerprint density at radius 3 is 2.65 bits per heavy atom. The number of aliphatic imine (C=N–C) groups is 1. The minimum Gasteiger partial charge on any atom is -0.497 e. The van der Waals surface area contributed by atoms with Crippen LogP contribution in [0.4, 0.5) is 11.4 Å². The maximum Gasteiger partial charge on any atom is 0.211 e. The minimum atomic E-state index is 0.277. The van der Waals surface area contributed by atoms with Gasteiger partial charge in [0.1, 0.15) is 5.75 Å². The van der Waals surface area contributed by atoms with Gasteiger partial charge in [0.2, 0.25) is 5.88 Å². The molecular formula is C25H25N3O2S. The average molecular weight is 432 g/mol. The molecule has 0 radical (unpaired) electrons. The van der Waals surface area contributed by atoms with Gasteiger partial charge in [-0.1, -0.05) is 48.8 Å². The number of allylic oxidation sites excluding steroid dienone is 1. The summed E-state index contributed by atoms with van der Waals surface area (Å²) < 4.78 is 7.30. The van der Waals surface area contributed by atoms with Gasteiger partial charge >= 0.3 is 0 Å². The van der Waals surface area contributed by atoms with Crippen LogP contribution in [0.5, 0.6) is 11.6 Å². The third-order valence-corrected chi connectivity index (χ3v) is 6.93. The van der Waals surface area contributed by atoms with Crippen molar-refractivity contribution in [2.75, 3.05) is 7.11 Å². The summed E-state index contributed by atoms with van der Waals surface area (Å²) in [5, 5.41) is 11.2. The van der Waals surface area contributed by atoms with Crippen LogP contribution in [0.1, 0.15) is 48.6 Å². The molecule has 0 amide bonds. The number of ether oxygens (including phenoxy) is 1. The molecule has 6 heteroatoms. The van der Waals surface area contributed by atoms with E-state index in [1.807, 2.05) is 59.3 Å². The molecule has 3 aromatic rings. The van der Waals surface area contributed by atoms with Crippen molar-refractivity contribution >= 4 is 40.6 Å². The maximum atomic E-state index is 11.2. The summed E-state index contributed by atoms with van der Waals surface area (Å²) in [6, 6.07) is 16.1. The largest absolute Gasteiger partial charge is 0.497 e. The number of methoxy groups -OCH3 is 1. The van der Waals surface area contributed by atoms with E-state index in [1.54, 1.807) is 7.11 Å². The van der Waals surface area contributed by atoms with E-state index in [2.05, 4.69) is 11.1 Å². The van der Waals surface area contributed by atoms with Gasteiger partial charge in [-0.3, -0.25) is 9.56 Å². The van der Waals surface area contributed by atoms with E-state index in [4.69, 9.17) is 9.73 Å². The molecule has 1 aliphatic heterocycles. The summed E-state index contributed by atoms with van der Waals surface area (Å²) in [7, 11) is 1.66. The highest BCUT2D eigenvalue weighted by atomic mass is 32.1. The summed E-state index contributed by atoms with van der Waals surface area (Å²) in [5.41, 5.74) is 3.92. The van der Waals surface area contributed by atoms with Crippen LogP contribution in [0.25, 0.3) is 11.6 Å². The van der Waals surface area contributed by atoms with Gasteiger partial charge < -0.3 is 9.84 Å². The first-order chi connectivity index (χ1) is 15.2. The lowest BCUT2D eigenvalue weighted by Gasteiger charge is -2.23. The summed E-state index contributed by atoms with van der Waals surface area (Å²) in [6.07, 6.45) is 9.67. The average Bonchev–Trinajstić information content (AvgIpc) is 3.36. The number of benzene rings is 2. The fraction of sp³-hybridized carbons (Fsp3) is 0.280. The summed E-state index contributed by atoms with van der Waals surface area (Å²) in [5.74, 6) is 1.10. The molecule has 1 N–H and O–H groups in total. The zero-order valence-corrected chi connectivity index (χ0v) is 18.3. The van der Waals surface area contributed by atoms with E-state index in [0.717, 1.165) is 50.8 Å². The smallest absolute Gasteiger partial charge is 0.211 e. The van der Waals surface area contributed by atoms with Gasteiger partial charge in [0.25, 0.3) is 0 Å². The van der Waals surface area contributed by atoms with Crippen molar-refractivity contribution in [2.24, 2.45) is 9.98 Å². The fourth-order valence-electron chi connectivity index (χ4n) is 4.30. The van der Waals surface area contributed by atoms with E-state index in [9.17, 15) is 5.11 Å². The SMILES string of the molecule is COc1ccc(N=c2sc(/C=C3/C=Nc4ccccc43)c(O)n2C2CCCCC2)cc1. The van der Waals surface area contributed by atoms with Crippen LogP contribution in [0, 0.1) is 0 Å². The monoisotopic (exact) mass is 431 g/mol. The zero-order valence-electron chi connectivity index (χ0n) is 17.5. The topological polar surface area (TPSA) is 59.1 Å². The first-order valence-electron chi connectivity index (χ1n) is 10.7. The van der Waals surface area contributed by atoms with Gasteiger partial charge in [-0.25, -0.2) is 4.99 Å². The number of rotatable bonds is 4. The van der Waals surface area contributed by atoms with Crippen LogP contribution in [0.15, 0.2) is 58.5 Å². The number of fused-ring (bicyclic) bond motifs is 1. The van der Waals surface area contributed by atoms with E-state index >= 15 is 0 Å². The number of hydrogen-bond acceptors (Lipinski definition) is 5. The number of aromatic hydroxyl groups is 1. The maximum absolute atomic E-state index is 11.2. The quantitative estimate of drug-likeness (QED) is 0.530. The Bertz CT molecular complexity index is 1210. The standard InChI is InChI=1S/C25H25N3O2S/c1-30-20-13-11-18(12-14-20)27-25-28(19-7-3-2-4-8-19)24(29)23(31-25)15-17-16-26-22-10-6-5-9-21(17)22/h5-6,9-16,19,29H,2-4,7-8H2,1H3/b17-15-,27-25?. The van der Waals surface area contributed by atoms with Gasteiger partial charge in [0.05, 0.1) is 23.4 Å². The number of para-hydroxylation sites is 1. The van der Waals surface area contributed by atoms with Gasteiger partial charge in [0.15, 0.2) is 4.80 Å². The van der Waals surface area contributed by atoms with Gasteiger partial charge in [-0.2, -0.15) is 0 Å². The molecule has 1 aliphatic carbocycles. The molecule has 2 aliphatic rings. The van der Waals surface area contributed by atoms with Crippen molar-refractivity contribution in [3.05, 3.63) is 63.8 Å². The predicted molar refractivity (Wildman–Crippen MR) is 127 cm³/mol. The summed E-state index contributed by atoms with van der Waals surface area (Å²) in [4.78, 5) is 11.0. The normalized spacial score (nSPS) is 18.0. The predicted octanol–water partition coefficient (Wildman–Crippen LogP) is 6.26. The summed E-state index contributed by atoms with van der Waals surface area (Å²) in [6.45, 7) is 0. The Hall–Kier alpha value is -3.12. The van der Waals surface area contributed by atoms with Crippen molar-refractivity contribution < 1.29 is 9.84 Å². The number of hydrogen-bond donors (Lipinski definition) is 1. The molecular weight excluding hydrogens is 406 g/mol. The number of aromatic nitrogens is 1. The third-order valence-electron chi connectivity index (χ3n) is 5.94. The van der Waals surface area contributed by atoms with Crippen LogP contribution < -0.4 is 9.54 Å². The van der Waals surface area contributed by atoms with E-state index in [-0.39, 0.29) is 6.04 Å². The Morgan fingerprint density at radius 2 is 1.87 bits per heavy atom. The minimum absolute atomic E-state index is 0.277. The number of nitrogens with zero attached hydrogens (tertiary/aromatic N) is 3. The van der Waals surface area contributed by atoms with E-state index < -0.39 is 0 Å². The molecule has 5 nitrogen and oxygen atoms in total. The molecule has 0 unspecified atom stereocenters. The molecule has 5 rings (SSSR count). The van der Waals surface area contributed by atoms with Crippen LogP contribution in [-0.2, 0) is 0 Å². The van der Waals surface area contributed by atoms with Crippen molar-refractivity contribution in [2.45, 2.75) is 38.1 Å². The molecule has 1 fully saturated rings. The molecule has 2 heterocycles. The molecule has 0 saturated heterocycles. The first-order valence-corrected chi connectivity index (χ1v) is 11.5. The second-order valence-corrected chi connectivity index (χ2v) is 8.93. The molecule has 2 aromatic carbocycles. The van der Waals surface area contributed by atoms with Crippen molar-refractivity contribution in [1.29, 1.82) is 0 Å². The Balaban J connectivity index is 1.61. The lowest BCUT2D eigenvalue weighted by Crippen LogP contribution is -2.22. The van der Waals surface area contributed by atoms with Crippen LogP contribution in [0.2, 0.25) is 0 Å². The fourth-order valence-corrected chi connectivity index (χ4v) is 5.36. The molecule has 1 saturated carbocycles. The summed E-state index contributed by atoms with van der Waals surface area (Å²) >= 11 is 1.52. The molecule has 31 heavy (non-hydrogen) atoms. The van der Waals surface area contributed by atoms with Gasteiger partial charge in [-0.15, -0.1) is 0 Å². The third kappa shape index (κ3) is 3.95. The Morgan fingerprint density at radius 1 is 1.10 bits per heavy atom. The second kappa shape index (κ2) is 8.55. The highest BCUT2D eigenvalue weighted by molar-refractivity contribution is 7.10. The van der Waals surface area contributed by atoms with Crippen LogP contribution in [-0.4, -0.2) is 23.0 Å². The molecule has 0 bridgehead atoms. The molecule has 0 atom stereocenters. The van der Waals surface area contributed by atoms with Crippen molar-refractivity contribution in [1.82, 2.24) is 4.57 Å². The van der Waals surface area contributed by atoms with Crippen LogP contribution in [0.3, 0.4) is 0 Å². The second-order valence-electron chi connectivity index (χ2n) is 7.92. The highest BCUT2D eigenvalue weighted by Gasteiger charge is 2.23. The Labute approximate surface area is 185 Å². The highest BCUT2D eigenvalue weighted by Crippen LogP contribution is 2.37. The molecule has 1 aromatic heterocycles. The van der Waals surface area contributed by atoms with E-state index in [1.165, 1.54) is 30.6 Å². The lowest BCUT2D eigenvalue weighted by molar-refractivity contribution is 0.307. The zero-order chi connectivity index (χ0) is 21.2. The number of thiazole rings is 1. The van der Waals surface area contributed by atoms with Gasteiger partial charge in [0, 0.05) is 23.4 Å². The van der Waals surface area contributed by atoms with E-state index in [0.29, 0.717) is 5.88 Å². The molecule has 0 spiro atoms. The van der Waals surface area contributed by atoms with Gasteiger partial charge in [-0.05, 0) is 49.2 Å². The van der Waals surface area contributed by atoms with Crippen LogP contribution >= 0.6 is 11.3 Å².